The van der Waals surface area contributed by atoms with E-state index in [-0.39, 0.29) is 21.9 Å². The Kier molecular flexibility index (Phi) is 7.59. The SMILES string of the molecule is CC(C)CNc1cc(-c2ccc(C(=O)NS(=O)(=O)c3cccc(N)n3)c(N3CCC(C)C3(C)C)n2)ccn1. The number of hydrogen-bond donors (Lipinski definition) is 3. The molecule has 0 saturated carbocycles. The van der Waals surface area contributed by atoms with Crippen LogP contribution in [0.3, 0.4) is 0 Å². The molecule has 0 aromatic carbocycles. The number of nitrogens with zero attached hydrogens (tertiary/aromatic N) is 4. The fourth-order valence-electron chi connectivity index (χ4n) is 4.41. The predicted octanol–water partition coefficient (Wildman–Crippen LogP) is 3.93. The minimum absolute atomic E-state index is 0.0411. The quantitative estimate of drug-likeness (QED) is 0.389. The van der Waals surface area contributed by atoms with Gasteiger partial charge in [0.1, 0.15) is 17.5 Å². The number of rotatable bonds is 8. The molecule has 202 valence electrons. The van der Waals surface area contributed by atoms with Gasteiger partial charge in [0.05, 0.1) is 11.3 Å². The van der Waals surface area contributed by atoms with Crippen molar-refractivity contribution in [3.05, 3.63) is 54.2 Å². The second-order valence-corrected chi connectivity index (χ2v) is 12.2. The smallest absolute Gasteiger partial charge is 0.281 e. The van der Waals surface area contributed by atoms with Crippen LogP contribution >= 0.6 is 0 Å². The minimum atomic E-state index is -4.24. The molecule has 0 radical (unpaired) electrons. The summed E-state index contributed by atoms with van der Waals surface area (Å²) in [6.07, 6.45) is 2.64. The Hall–Kier alpha value is -3.73. The summed E-state index contributed by atoms with van der Waals surface area (Å²) in [5.41, 5.74) is 7.01. The largest absolute Gasteiger partial charge is 0.384 e. The van der Waals surface area contributed by atoms with Crippen LogP contribution in [0, 0.1) is 11.8 Å². The van der Waals surface area contributed by atoms with Crippen molar-refractivity contribution in [3.63, 3.8) is 0 Å². The van der Waals surface area contributed by atoms with Crippen LogP contribution in [-0.4, -0.2) is 47.9 Å². The van der Waals surface area contributed by atoms with Crippen molar-refractivity contribution in [1.29, 1.82) is 0 Å². The van der Waals surface area contributed by atoms with Gasteiger partial charge in [0.25, 0.3) is 15.9 Å². The molecule has 1 aliphatic heterocycles. The Bertz CT molecular complexity index is 1440. The highest BCUT2D eigenvalue weighted by atomic mass is 32.2. The fraction of sp³-hybridized carbons (Fsp3) is 0.407. The minimum Gasteiger partial charge on any atom is -0.384 e. The van der Waals surface area contributed by atoms with Gasteiger partial charge in [-0.25, -0.2) is 19.7 Å². The first kappa shape index (κ1) is 27.3. The van der Waals surface area contributed by atoms with E-state index in [9.17, 15) is 13.2 Å². The van der Waals surface area contributed by atoms with Crippen LogP contribution in [0.2, 0.25) is 0 Å². The van der Waals surface area contributed by atoms with Crippen LogP contribution in [0.15, 0.2) is 53.7 Å². The third kappa shape index (κ3) is 5.72. The van der Waals surface area contributed by atoms with Crippen molar-refractivity contribution in [2.75, 3.05) is 29.0 Å². The number of aromatic nitrogens is 3. The summed E-state index contributed by atoms with van der Waals surface area (Å²) in [6, 6.07) is 11.3. The lowest BCUT2D eigenvalue weighted by atomic mass is 9.90. The number of amides is 1. The molecule has 3 aromatic heterocycles. The standard InChI is InChI=1S/C27H35N7O3S/c1-17(2)16-30-23-15-19(11-13-29-23)21-10-9-20(25(31-21)34-14-12-18(3)27(34,4)5)26(35)33-38(36,37)24-8-6-7-22(28)32-24/h6-11,13,15,17-18H,12,14,16H2,1-5H3,(H2,28,32)(H,29,30)(H,33,35). The van der Waals surface area contributed by atoms with Crippen LogP contribution in [0.1, 0.15) is 51.4 Å². The number of nitrogens with one attached hydrogen (secondary N) is 2. The second-order valence-electron chi connectivity index (χ2n) is 10.6. The van der Waals surface area contributed by atoms with E-state index in [1.165, 1.54) is 18.2 Å². The van der Waals surface area contributed by atoms with E-state index < -0.39 is 15.9 Å². The van der Waals surface area contributed by atoms with E-state index >= 15 is 0 Å². The van der Waals surface area contributed by atoms with Gasteiger partial charge < -0.3 is 16.0 Å². The molecule has 38 heavy (non-hydrogen) atoms. The molecule has 1 unspecified atom stereocenters. The highest BCUT2D eigenvalue weighted by Gasteiger charge is 2.41. The van der Waals surface area contributed by atoms with Crippen molar-refractivity contribution < 1.29 is 13.2 Å². The van der Waals surface area contributed by atoms with Gasteiger partial charge in [0.2, 0.25) is 0 Å². The van der Waals surface area contributed by atoms with Gasteiger partial charge in [-0.2, -0.15) is 8.42 Å². The van der Waals surface area contributed by atoms with Crippen LogP contribution in [0.4, 0.5) is 17.5 Å². The van der Waals surface area contributed by atoms with Crippen molar-refractivity contribution in [2.45, 2.75) is 51.6 Å². The van der Waals surface area contributed by atoms with Crippen LogP contribution < -0.4 is 20.7 Å². The van der Waals surface area contributed by atoms with Gasteiger partial charge in [-0.1, -0.05) is 26.8 Å². The van der Waals surface area contributed by atoms with Gasteiger partial charge >= 0.3 is 0 Å². The number of carbonyl (C=O) groups is 1. The Morgan fingerprint density at radius 1 is 1.18 bits per heavy atom. The van der Waals surface area contributed by atoms with Crippen molar-refractivity contribution in [1.82, 2.24) is 19.7 Å². The first-order valence-electron chi connectivity index (χ1n) is 12.7. The van der Waals surface area contributed by atoms with E-state index in [1.54, 1.807) is 18.3 Å². The molecule has 1 aliphatic rings. The van der Waals surface area contributed by atoms with E-state index in [1.807, 2.05) is 12.1 Å². The van der Waals surface area contributed by atoms with Crippen LogP contribution in [0.25, 0.3) is 11.3 Å². The molecule has 1 saturated heterocycles. The Morgan fingerprint density at radius 2 is 1.95 bits per heavy atom. The molecule has 3 aromatic rings. The molecule has 10 nitrogen and oxygen atoms in total. The van der Waals surface area contributed by atoms with Gasteiger partial charge in [0.15, 0.2) is 5.03 Å². The molecule has 4 N–H and O–H groups in total. The van der Waals surface area contributed by atoms with Crippen LogP contribution in [-0.2, 0) is 10.0 Å². The average molecular weight is 538 g/mol. The summed E-state index contributed by atoms with van der Waals surface area (Å²) >= 11 is 0. The summed E-state index contributed by atoms with van der Waals surface area (Å²) < 4.78 is 28.0. The van der Waals surface area contributed by atoms with Crippen molar-refractivity contribution in [2.24, 2.45) is 11.8 Å². The molecular weight excluding hydrogens is 502 g/mol. The lowest BCUT2D eigenvalue weighted by Crippen LogP contribution is -2.43. The molecule has 0 bridgehead atoms. The lowest BCUT2D eigenvalue weighted by Gasteiger charge is -2.36. The zero-order chi connectivity index (χ0) is 27.7. The van der Waals surface area contributed by atoms with E-state index in [2.05, 4.69) is 59.5 Å². The summed E-state index contributed by atoms with van der Waals surface area (Å²) in [5.74, 6) is 1.22. The van der Waals surface area contributed by atoms with E-state index in [0.29, 0.717) is 29.9 Å². The van der Waals surface area contributed by atoms with Gasteiger partial charge in [-0.15, -0.1) is 0 Å². The molecule has 0 aliphatic carbocycles. The maximum atomic E-state index is 13.4. The maximum absolute atomic E-state index is 13.4. The first-order valence-corrected chi connectivity index (χ1v) is 14.2. The number of carbonyl (C=O) groups excluding carboxylic acids is 1. The maximum Gasteiger partial charge on any atom is 0.281 e. The Labute approximate surface area is 224 Å². The number of nitrogen functional groups attached to an aromatic ring is 1. The molecule has 4 heterocycles. The predicted molar refractivity (Wildman–Crippen MR) is 149 cm³/mol. The number of sulfonamides is 1. The molecule has 1 atom stereocenters. The molecule has 1 fully saturated rings. The molecule has 4 rings (SSSR count). The van der Waals surface area contributed by atoms with E-state index in [0.717, 1.165) is 24.3 Å². The summed E-state index contributed by atoms with van der Waals surface area (Å²) in [6.45, 7) is 12.1. The highest BCUT2D eigenvalue weighted by molar-refractivity contribution is 7.90. The topological polar surface area (TPSA) is 143 Å². The third-order valence-corrected chi connectivity index (χ3v) is 8.29. The monoisotopic (exact) mass is 537 g/mol. The average Bonchev–Trinajstić information content (AvgIpc) is 3.14. The second kappa shape index (κ2) is 10.6. The van der Waals surface area contributed by atoms with Crippen LogP contribution in [0.5, 0.6) is 0 Å². The van der Waals surface area contributed by atoms with E-state index in [4.69, 9.17) is 10.7 Å². The summed E-state index contributed by atoms with van der Waals surface area (Å²) in [5, 5.41) is 2.99. The van der Waals surface area contributed by atoms with Gasteiger partial charge in [-0.05, 0) is 68.5 Å². The highest BCUT2D eigenvalue weighted by Crippen LogP contribution is 2.39. The number of nitrogens with two attached hydrogens (primary N) is 1. The number of anilines is 3. The Balaban J connectivity index is 1.74. The zero-order valence-corrected chi connectivity index (χ0v) is 23.2. The van der Waals surface area contributed by atoms with Crippen molar-refractivity contribution in [3.8, 4) is 11.3 Å². The molecular formula is C27H35N7O3S. The lowest BCUT2D eigenvalue weighted by molar-refractivity contribution is 0.0981. The molecule has 1 amide bonds. The summed E-state index contributed by atoms with van der Waals surface area (Å²) in [4.78, 5) is 28.6. The van der Waals surface area contributed by atoms with Crippen molar-refractivity contribution >= 4 is 33.4 Å². The zero-order valence-electron chi connectivity index (χ0n) is 22.4. The Morgan fingerprint density at radius 3 is 2.61 bits per heavy atom. The third-order valence-electron chi connectivity index (χ3n) is 7.06. The summed E-state index contributed by atoms with van der Waals surface area (Å²) in [7, 11) is -4.24. The fourth-order valence-corrected chi connectivity index (χ4v) is 5.35. The molecule has 0 spiro atoms. The van der Waals surface area contributed by atoms with Gasteiger partial charge in [0, 0.05) is 30.4 Å². The normalized spacial score (nSPS) is 17.0. The first-order chi connectivity index (χ1) is 17.9. The number of hydrogen-bond acceptors (Lipinski definition) is 9. The number of pyridine rings is 3. The van der Waals surface area contributed by atoms with Gasteiger partial charge in [-0.3, -0.25) is 4.79 Å². The molecule has 11 heteroatoms.